The number of carbonyl (C=O) groups excluding carboxylic acids is 7. The lowest BCUT2D eigenvalue weighted by Crippen LogP contribution is -2.10. The van der Waals surface area contributed by atoms with Crippen LogP contribution >= 0.6 is 0 Å². The lowest BCUT2D eigenvalue weighted by molar-refractivity contribution is 0.0425. The first-order valence-corrected chi connectivity index (χ1v) is 12.2. The van der Waals surface area contributed by atoms with Crippen LogP contribution in [-0.2, 0) is 9.47 Å². The predicted molar refractivity (Wildman–Crippen MR) is 139 cm³/mol. The van der Waals surface area contributed by atoms with E-state index in [1.54, 1.807) is 0 Å². The highest BCUT2D eigenvalue weighted by molar-refractivity contribution is 6.16. The first-order chi connectivity index (χ1) is 20.2. The van der Waals surface area contributed by atoms with E-state index in [0.717, 1.165) is 0 Å². The molecule has 6 rings (SSSR count). The van der Waals surface area contributed by atoms with E-state index in [0.29, 0.717) is 0 Å². The Labute approximate surface area is 235 Å². The van der Waals surface area contributed by atoms with Gasteiger partial charge in [0.2, 0.25) is 0 Å². The summed E-state index contributed by atoms with van der Waals surface area (Å²) < 4.78 is 19.6. The minimum atomic E-state index is -0.843. The van der Waals surface area contributed by atoms with Gasteiger partial charge in [-0.25, -0.2) is 28.8 Å². The number of ether oxygens (including phenoxy) is 4. The number of hydrogen-bond acceptors (Lipinski definition) is 11. The van der Waals surface area contributed by atoms with Gasteiger partial charge < -0.3 is 18.9 Å². The number of rotatable bonds is 6. The average Bonchev–Trinajstić information content (AvgIpc) is 3.45. The molecule has 2 aliphatic heterocycles. The molecule has 2 heterocycles. The van der Waals surface area contributed by atoms with Crippen molar-refractivity contribution in [3.63, 3.8) is 0 Å². The zero-order valence-electron chi connectivity index (χ0n) is 21.1. The van der Waals surface area contributed by atoms with Crippen molar-refractivity contribution in [2.45, 2.75) is 0 Å². The fourth-order valence-electron chi connectivity index (χ4n) is 4.27. The normalized spacial score (nSPS) is 13.1. The molecule has 42 heavy (non-hydrogen) atoms. The molecule has 0 radical (unpaired) electrons. The standard InChI is InChI=1S/C31H14O11/c32-25(15-1-7-19(8-2-15)39-26(33)17-5-11-21-23(13-17)30(37)41-28(21)35)16-3-9-20(10-4-16)40-27(34)18-6-12-22-24(14-18)31(38)42-29(22)36/h1-14H. The summed E-state index contributed by atoms with van der Waals surface area (Å²) in [6, 6.07) is 19.2. The third-order valence-corrected chi connectivity index (χ3v) is 6.42. The highest BCUT2D eigenvalue weighted by atomic mass is 16.6. The maximum atomic E-state index is 12.9. The summed E-state index contributed by atoms with van der Waals surface area (Å²) in [4.78, 5) is 84.6. The molecule has 11 nitrogen and oxygen atoms in total. The number of fused-ring (bicyclic) bond motifs is 2. The number of ketones is 1. The van der Waals surface area contributed by atoms with E-state index in [9.17, 15) is 33.6 Å². The number of esters is 6. The van der Waals surface area contributed by atoms with E-state index < -0.39 is 35.8 Å². The Balaban J connectivity index is 1.09. The summed E-state index contributed by atoms with van der Waals surface area (Å²) in [5.41, 5.74) is 0.738. The highest BCUT2D eigenvalue weighted by Crippen LogP contribution is 2.25. The molecule has 0 aliphatic carbocycles. The van der Waals surface area contributed by atoms with E-state index in [1.807, 2.05) is 0 Å². The molecule has 11 heteroatoms. The molecule has 0 saturated heterocycles. The van der Waals surface area contributed by atoms with Crippen LogP contribution in [-0.4, -0.2) is 41.6 Å². The molecule has 0 bridgehead atoms. The fourth-order valence-corrected chi connectivity index (χ4v) is 4.27. The molecule has 0 amide bonds. The Kier molecular flexibility index (Phi) is 6.23. The molecule has 2 aliphatic rings. The van der Waals surface area contributed by atoms with Gasteiger partial charge in [-0.15, -0.1) is 0 Å². The third kappa shape index (κ3) is 4.71. The van der Waals surface area contributed by atoms with Crippen molar-refractivity contribution >= 4 is 41.6 Å². The SMILES string of the molecule is O=C(Oc1ccc(C(=O)c2ccc(OC(=O)c3ccc4c(c3)C(=O)OC4=O)cc2)cc1)c1ccc2c(c1)C(=O)OC2=O. The number of cyclic esters (lactones) is 4. The summed E-state index contributed by atoms with van der Waals surface area (Å²) in [6.45, 7) is 0. The lowest BCUT2D eigenvalue weighted by atomic mass is 10.0. The number of carbonyl (C=O) groups is 7. The first-order valence-electron chi connectivity index (χ1n) is 12.2. The average molecular weight is 562 g/mol. The highest BCUT2D eigenvalue weighted by Gasteiger charge is 2.31. The van der Waals surface area contributed by atoms with Gasteiger partial charge in [0.25, 0.3) is 0 Å². The van der Waals surface area contributed by atoms with E-state index in [-0.39, 0.29) is 61.8 Å². The molecule has 0 fully saturated rings. The van der Waals surface area contributed by atoms with Crippen LogP contribution in [0.3, 0.4) is 0 Å². The van der Waals surface area contributed by atoms with Crippen LogP contribution < -0.4 is 9.47 Å². The monoisotopic (exact) mass is 562 g/mol. The summed E-state index contributed by atoms with van der Waals surface area (Å²) in [6.07, 6.45) is 0. The van der Waals surface area contributed by atoms with Gasteiger partial charge in [0.05, 0.1) is 33.4 Å². The molecule has 0 atom stereocenters. The van der Waals surface area contributed by atoms with Gasteiger partial charge >= 0.3 is 35.8 Å². The largest absolute Gasteiger partial charge is 0.423 e. The minimum Gasteiger partial charge on any atom is -0.423 e. The van der Waals surface area contributed by atoms with E-state index in [4.69, 9.17) is 9.47 Å². The van der Waals surface area contributed by atoms with Crippen LogP contribution in [0, 0.1) is 0 Å². The molecule has 4 aromatic rings. The van der Waals surface area contributed by atoms with Crippen LogP contribution in [0.25, 0.3) is 0 Å². The van der Waals surface area contributed by atoms with E-state index in [1.165, 1.54) is 84.9 Å². The van der Waals surface area contributed by atoms with Crippen molar-refractivity contribution in [2.75, 3.05) is 0 Å². The Bertz CT molecular complexity index is 1750. The number of benzene rings is 4. The van der Waals surface area contributed by atoms with Gasteiger partial charge in [0.1, 0.15) is 11.5 Å². The van der Waals surface area contributed by atoms with E-state index in [2.05, 4.69) is 9.47 Å². The van der Waals surface area contributed by atoms with Crippen molar-refractivity contribution in [1.29, 1.82) is 0 Å². The number of hydrogen-bond donors (Lipinski definition) is 0. The first kappa shape index (κ1) is 26.0. The minimum absolute atomic E-state index is 0.0244. The van der Waals surface area contributed by atoms with Gasteiger partial charge in [-0.05, 0) is 84.9 Å². The molecule has 204 valence electrons. The molecular weight excluding hydrogens is 548 g/mol. The van der Waals surface area contributed by atoms with Gasteiger partial charge in [-0.2, -0.15) is 0 Å². The molecule has 0 N–H and O–H groups in total. The van der Waals surface area contributed by atoms with Crippen molar-refractivity contribution in [3.8, 4) is 11.5 Å². The molecule has 0 unspecified atom stereocenters. The van der Waals surface area contributed by atoms with E-state index >= 15 is 0 Å². The van der Waals surface area contributed by atoms with Crippen molar-refractivity contribution < 1.29 is 52.5 Å². The summed E-state index contributed by atoms with van der Waals surface area (Å²) in [5.74, 6) is -4.87. The molecular formula is C31H14O11. The smallest absolute Gasteiger partial charge is 0.346 e. The Hall–Kier alpha value is -6.23. The maximum Gasteiger partial charge on any atom is 0.346 e. The zero-order valence-corrected chi connectivity index (χ0v) is 21.1. The summed E-state index contributed by atoms with van der Waals surface area (Å²) in [5, 5.41) is 0. The van der Waals surface area contributed by atoms with Crippen molar-refractivity contribution in [1.82, 2.24) is 0 Å². The second kappa shape index (κ2) is 10.1. The van der Waals surface area contributed by atoms with Crippen LogP contribution in [0.2, 0.25) is 0 Å². The molecule has 0 saturated carbocycles. The quantitative estimate of drug-likeness (QED) is 0.145. The molecule has 4 aromatic carbocycles. The van der Waals surface area contributed by atoms with Gasteiger partial charge in [0.15, 0.2) is 5.78 Å². The van der Waals surface area contributed by atoms with Crippen molar-refractivity contribution in [2.24, 2.45) is 0 Å². The third-order valence-electron chi connectivity index (χ3n) is 6.42. The maximum absolute atomic E-state index is 12.9. The van der Waals surface area contributed by atoms with Gasteiger partial charge in [-0.3, -0.25) is 4.79 Å². The fraction of sp³-hybridized carbons (Fsp3) is 0. The molecule has 0 spiro atoms. The van der Waals surface area contributed by atoms with Crippen LogP contribution in [0.15, 0.2) is 84.9 Å². The lowest BCUT2D eigenvalue weighted by Gasteiger charge is -2.08. The zero-order chi connectivity index (χ0) is 29.5. The predicted octanol–water partition coefficient (Wildman–Crippen LogP) is 3.98. The van der Waals surface area contributed by atoms with Gasteiger partial charge in [-0.1, -0.05) is 0 Å². The summed E-state index contributed by atoms with van der Waals surface area (Å²) >= 11 is 0. The van der Waals surface area contributed by atoms with Crippen LogP contribution in [0.4, 0.5) is 0 Å². The van der Waals surface area contributed by atoms with Gasteiger partial charge in [0, 0.05) is 11.1 Å². The summed E-state index contributed by atoms with van der Waals surface area (Å²) in [7, 11) is 0. The Morgan fingerprint density at radius 1 is 0.429 bits per heavy atom. The Morgan fingerprint density at radius 3 is 1.14 bits per heavy atom. The topological polar surface area (TPSA) is 156 Å². The Morgan fingerprint density at radius 2 is 0.762 bits per heavy atom. The second-order valence-electron chi connectivity index (χ2n) is 9.03. The van der Waals surface area contributed by atoms with Crippen LogP contribution in [0.1, 0.15) is 78.1 Å². The van der Waals surface area contributed by atoms with Crippen molar-refractivity contribution in [3.05, 3.63) is 129 Å². The van der Waals surface area contributed by atoms with Crippen LogP contribution in [0.5, 0.6) is 11.5 Å². The molecule has 0 aromatic heterocycles. The second-order valence-corrected chi connectivity index (χ2v) is 9.03.